The first-order chi connectivity index (χ1) is 5.77. The van der Waals surface area contributed by atoms with Crippen LogP contribution < -0.4 is 0 Å². The van der Waals surface area contributed by atoms with Gasteiger partial charge in [-0.1, -0.05) is 12.1 Å². The minimum atomic E-state index is 0.432. The van der Waals surface area contributed by atoms with Crippen molar-refractivity contribution >= 4 is 11.6 Å². The monoisotopic (exact) mass is 187 g/mol. The van der Waals surface area contributed by atoms with Crippen molar-refractivity contribution in [2.45, 2.75) is 32.7 Å². The summed E-state index contributed by atoms with van der Waals surface area (Å²) in [6.45, 7) is 4.26. The number of hydrogen-bond donors (Lipinski definition) is 0. The smallest absolute Gasteiger partial charge is 0.0839 e. The van der Waals surface area contributed by atoms with Crippen LogP contribution in [0.2, 0.25) is 0 Å². The highest BCUT2D eigenvalue weighted by Gasteiger charge is 2.04. The fraction of sp³-hybridized carbons (Fsp3) is 0.750. The van der Waals surface area contributed by atoms with Crippen LogP contribution in [-0.2, 0) is 6.42 Å². The van der Waals surface area contributed by atoms with E-state index in [-0.39, 0.29) is 0 Å². The second-order valence-corrected chi connectivity index (χ2v) is 3.26. The normalized spacial score (nSPS) is 13.2. The number of aromatic nitrogens is 3. The van der Waals surface area contributed by atoms with Gasteiger partial charge in [0.2, 0.25) is 0 Å². The second-order valence-electron chi connectivity index (χ2n) is 2.89. The van der Waals surface area contributed by atoms with Crippen LogP contribution in [0, 0.1) is 0 Å². The van der Waals surface area contributed by atoms with Crippen molar-refractivity contribution in [3.8, 4) is 0 Å². The zero-order chi connectivity index (χ0) is 8.97. The standard InChI is InChI=1S/C8H14ClN3/c1-3-7(2)12-6-8(4-5-9)10-11-12/h6-7H,3-5H2,1-2H3. The first-order valence-electron chi connectivity index (χ1n) is 4.24. The molecule has 0 bridgehead atoms. The number of halogens is 1. The molecule has 4 heteroatoms. The maximum absolute atomic E-state index is 5.58. The van der Waals surface area contributed by atoms with Crippen molar-refractivity contribution in [2.75, 3.05) is 5.88 Å². The Hall–Kier alpha value is -0.570. The van der Waals surface area contributed by atoms with Crippen LogP contribution in [0.3, 0.4) is 0 Å². The van der Waals surface area contributed by atoms with Gasteiger partial charge in [0.25, 0.3) is 0 Å². The number of rotatable bonds is 4. The van der Waals surface area contributed by atoms with E-state index in [1.807, 2.05) is 10.9 Å². The molecule has 0 saturated heterocycles. The van der Waals surface area contributed by atoms with E-state index in [0.29, 0.717) is 11.9 Å². The van der Waals surface area contributed by atoms with Gasteiger partial charge in [0, 0.05) is 18.5 Å². The van der Waals surface area contributed by atoms with Gasteiger partial charge in [-0.15, -0.1) is 16.7 Å². The van der Waals surface area contributed by atoms with Gasteiger partial charge in [-0.25, -0.2) is 4.68 Å². The highest BCUT2D eigenvalue weighted by Crippen LogP contribution is 2.08. The largest absolute Gasteiger partial charge is 0.250 e. The van der Waals surface area contributed by atoms with Gasteiger partial charge in [-0.3, -0.25) is 0 Å². The van der Waals surface area contributed by atoms with E-state index in [2.05, 4.69) is 24.2 Å². The maximum atomic E-state index is 5.58. The summed E-state index contributed by atoms with van der Waals surface area (Å²) in [5.74, 6) is 0.610. The third-order valence-corrected chi connectivity index (χ3v) is 2.14. The Kier molecular flexibility index (Phi) is 3.53. The van der Waals surface area contributed by atoms with Crippen LogP contribution in [0.4, 0.5) is 0 Å². The lowest BCUT2D eigenvalue weighted by Crippen LogP contribution is -2.03. The van der Waals surface area contributed by atoms with Gasteiger partial charge in [0.05, 0.1) is 11.7 Å². The first kappa shape index (κ1) is 9.52. The third kappa shape index (κ3) is 2.21. The molecule has 0 radical (unpaired) electrons. The molecule has 0 aliphatic heterocycles. The Morgan fingerprint density at radius 3 is 3.00 bits per heavy atom. The fourth-order valence-electron chi connectivity index (χ4n) is 0.927. The summed E-state index contributed by atoms with van der Waals surface area (Å²) in [7, 11) is 0. The van der Waals surface area contributed by atoms with Gasteiger partial charge in [0.15, 0.2) is 0 Å². The van der Waals surface area contributed by atoms with Crippen molar-refractivity contribution in [3.05, 3.63) is 11.9 Å². The third-order valence-electron chi connectivity index (χ3n) is 1.95. The summed E-state index contributed by atoms with van der Waals surface area (Å²) < 4.78 is 1.89. The van der Waals surface area contributed by atoms with Crippen molar-refractivity contribution < 1.29 is 0 Å². The average molecular weight is 188 g/mol. The predicted octanol–water partition coefficient (Wildman–Crippen LogP) is 2.03. The van der Waals surface area contributed by atoms with Crippen molar-refractivity contribution in [3.63, 3.8) is 0 Å². The van der Waals surface area contributed by atoms with Gasteiger partial charge >= 0.3 is 0 Å². The molecule has 3 nitrogen and oxygen atoms in total. The Bertz CT molecular complexity index is 234. The topological polar surface area (TPSA) is 30.7 Å². The van der Waals surface area contributed by atoms with Crippen molar-refractivity contribution in [1.82, 2.24) is 15.0 Å². The molecule has 68 valence electrons. The minimum Gasteiger partial charge on any atom is -0.250 e. The lowest BCUT2D eigenvalue weighted by molar-refractivity contribution is 0.464. The quantitative estimate of drug-likeness (QED) is 0.676. The van der Waals surface area contributed by atoms with Gasteiger partial charge in [0.1, 0.15) is 0 Å². The average Bonchev–Trinajstić information content (AvgIpc) is 2.52. The Morgan fingerprint density at radius 1 is 1.67 bits per heavy atom. The summed E-state index contributed by atoms with van der Waals surface area (Å²) in [4.78, 5) is 0. The Labute approximate surface area is 77.7 Å². The summed E-state index contributed by atoms with van der Waals surface area (Å²) in [5.41, 5.74) is 0.977. The SMILES string of the molecule is CCC(C)n1cc(CCCl)nn1. The summed E-state index contributed by atoms with van der Waals surface area (Å²) >= 11 is 5.58. The van der Waals surface area contributed by atoms with Crippen molar-refractivity contribution in [1.29, 1.82) is 0 Å². The summed E-state index contributed by atoms with van der Waals surface area (Å²) in [6.07, 6.45) is 3.85. The number of nitrogens with zero attached hydrogens (tertiary/aromatic N) is 3. The molecule has 0 fully saturated rings. The molecule has 1 rings (SSSR count). The van der Waals surface area contributed by atoms with Crippen LogP contribution >= 0.6 is 11.6 Å². The molecule has 0 aliphatic rings. The number of aryl methyl sites for hydroxylation is 1. The maximum Gasteiger partial charge on any atom is 0.0839 e. The minimum absolute atomic E-state index is 0.432. The molecule has 0 N–H and O–H groups in total. The van der Waals surface area contributed by atoms with E-state index in [1.165, 1.54) is 0 Å². The molecular formula is C8H14ClN3. The lowest BCUT2D eigenvalue weighted by atomic mass is 10.3. The van der Waals surface area contributed by atoms with Crippen LogP contribution in [0.5, 0.6) is 0 Å². The number of alkyl halides is 1. The van der Waals surface area contributed by atoms with E-state index >= 15 is 0 Å². The van der Waals surface area contributed by atoms with E-state index in [9.17, 15) is 0 Å². The first-order valence-corrected chi connectivity index (χ1v) is 4.78. The van der Waals surface area contributed by atoms with Crippen molar-refractivity contribution in [2.24, 2.45) is 0 Å². The molecule has 1 aromatic rings. The zero-order valence-corrected chi connectivity index (χ0v) is 8.25. The molecule has 0 spiro atoms. The van der Waals surface area contributed by atoms with E-state index in [0.717, 1.165) is 18.5 Å². The molecular weight excluding hydrogens is 174 g/mol. The lowest BCUT2D eigenvalue weighted by Gasteiger charge is -2.05. The highest BCUT2D eigenvalue weighted by molar-refractivity contribution is 6.17. The number of hydrogen-bond acceptors (Lipinski definition) is 2. The molecule has 0 saturated carbocycles. The van der Waals surface area contributed by atoms with E-state index < -0.39 is 0 Å². The van der Waals surface area contributed by atoms with Crippen LogP contribution in [-0.4, -0.2) is 20.9 Å². The molecule has 1 unspecified atom stereocenters. The Balaban J connectivity index is 2.63. The van der Waals surface area contributed by atoms with Crippen LogP contribution in [0.15, 0.2) is 6.20 Å². The van der Waals surface area contributed by atoms with Gasteiger partial charge in [-0.2, -0.15) is 0 Å². The predicted molar refractivity (Wildman–Crippen MR) is 49.4 cm³/mol. The second kappa shape index (κ2) is 4.45. The summed E-state index contributed by atoms with van der Waals surface area (Å²) in [5, 5.41) is 8.02. The summed E-state index contributed by atoms with van der Waals surface area (Å²) in [6, 6.07) is 0.432. The molecule has 0 amide bonds. The molecule has 0 aliphatic carbocycles. The highest BCUT2D eigenvalue weighted by atomic mass is 35.5. The Morgan fingerprint density at radius 2 is 2.42 bits per heavy atom. The molecule has 1 aromatic heterocycles. The van der Waals surface area contributed by atoms with Gasteiger partial charge in [-0.05, 0) is 13.3 Å². The molecule has 1 atom stereocenters. The van der Waals surface area contributed by atoms with E-state index in [1.54, 1.807) is 0 Å². The zero-order valence-electron chi connectivity index (χ0n) is 7.50. The van der Waals surface area contributed by atoms with Crippen LogP contribution in [0.25, 0.3) is 0 Å². The van der Waals surface area contributed by atoms with E-state index in [4.69, 9.17) is 11.6 Å². The fourth-order valence-corrected chi connectivity index (χ4v) is 1.12. The molecule has 12 heavy (non-hydrogen) atoms. The molecule has 1 heterocycles. The van der Waals surface area contributed by atoms with Gasteiger partial charge < -0.3 is 0 Å². The molecule has 0 aromatic carbocycles. The van der Waals surface area contributed by atoms with Crippen LogP contribution in [0.1, 0.15) is 32.0 Å².